The summed E-state index contributed by atoms with van der Waals surface area (Å²) in [5.41, 5.74) is 5.04. The lowest BCUT2D eigenvalue weighted by atomic mass is 10.1. The Kier molecular flexibility index (Phi) is 9.91. The SMILES string of the molecule is Fc1ccc(N2CCN(CCc3ccc4c(c3)OCO4)CC2)cc1.c1ccc(N2CCN(CCc3ccc4c(c3)OCO4)CC2)cc1. The number of piperazine rings is 2. The Morgan fingerprint density at radius 1 is 0.468 bits per heavy atom. The van der Waals surface area contributed by atoms with Crippen LogP contribution in [0.5, 0.6) is 23.0 Å². The van der Waals surface area contributed by atoms with Gasteiger partial charge in [0.15, 0.2) is 23.0 Å². The van der Waals surface area contributed by atoms with Crippen molar-refractivity contribution in [3.05, 3.63) is 108 Å². The molecule has 0 N–H and O–H groups in total. The fourth-order valence-electron chi connectivity index (χ4n) is 6.52. The van der Waals surface area contributed by atoms with E-state index in [1.807, 2.05) is 24.3 Å². The van der Waals surface area contributed by atoms with Crippen LogP contribution >= 0.6 is 0 Å². The van der Waals surface area contributed by atoms with Crippen molar-refractivity contribution in [1.82, 2.24) is 9.80 Å². The van der Waals surface area contributed by atoms with Gasteiger partial charge in [0.25, 0.3) is 0 Å². The van der Waals surface area contributed by atoms with E-state index >= 15 is 0 Å². The molecule has 4 aliphatic rings. The fraction of sp³-hybridized carbons (Fsp3) is 0.368. The van der Waals surface area contributed by atoms with E-state index in [0.29, 0.717) is 13.6 Å². The van der Waals surface area contributed by atoms with E-state index in [9.17, 15) is 4.39 Å². The average Bonchev–Trinajstić information content (AvgIpc) is 3.81. The van der Waals surface area contributed by atoms with Crippen LogP contribution in [0, 0.1) is 5.82 Å². The van der Waals surface area contributed by atoms with Crippen molar-refractivity contribution in [3.8, 4) is 23.0 Å². The molecule has 8 nitrogen and oxygen atoms in total. The van der Waals surface area contributed by atoms with Gasteiger partial charge < -0.3 is 28.7 Å². The van der Waals surface area contributed by atoms with Gasteiger partial charge in [-0.05, 0) is 84.6 Å². The van der Waals surface area contributed by atoms with Crippen LogP contribution in [0.3, 0.4) is 0 Å². The smallest absolute Gasteiger partial charge is 0.231 e. The predicted molar refractivity (Wildman–Crippen MR) is 183 cm³/mol. The Morgan fingerprint density at radius 2 is 0.915 bits per heavy atom. The molecule has 0 atom stereocenters. The Morgan fingerprint density at radius 3 is 1.40 bits per heavy atom. The Labute approximate surface area is 276 Å². The van der Waals surface area contributed by atoms with Crippen LogP contribution in [0.25, 0.3) is 0 Å². The number of ether oxygens (including phenoxy) is 4. The molecule has 0 unspecified atom stereocenters. The molecule has 4 heterocycles. The van der Waals surface area contributed by atoms with Gasteiger partial charge in [-0.25, -0.2) is 4.39 Å². The van der Waals surface area contributed by atoms with Gasteiger partial charge in [-0.1, -0.05) is 30.3 Å². The molecule has 0 bridgehead atoms. The highest BCUT2D eigenvalue weighted by Crippen LogP contribution is 2.33. The number of rotatable bonds is 8. The number of halogens is 1. The van der Waals surface area contributed by atoms with E-state index in [-0.39, 0.29) is 5.82 Å². The van der Waals surface area contributed by atoms with Crippen LogP contribution in [-0.4, -0.2) is 88.8 Å². The third-order valence-corrected chi connectivity index (χ3v) is 9.37. The van der Waals surface area contributed by atoms with E-state index in [1.165, 1.54) is 28.9 Å². The molecule has 4 aliphatic heterocycles. The number of hydrogen-bond donors (Lipinski definition) is 0. The monoisotopic (exact) mass is 638 g/mol. The molecule has 246 valence electrons. The minimum absolute atomic E-state index is 0.180. The zero-order valence-corrected chi connectivity index (χ0v) is 26.9. The van der Waals surface area contributed by atoms with E-state index < -0.39 is 0 Å². The van der Waals surface area contributed by atoms with Crippen LogP contribution in [-0.2, 0) is 12.8 Å². The van der Waals surface area contributed by atoms with E-state index in [4.69, 9.17) is 18.9 Å². The molecular formula is C38H43FN4O4. The second kappa shape index (κ2) is 15.0. The number of nitrogens with zero attached hydrogens (tertiary/aromatic N) is 4. The first-order valence-electron chi connectivity index (χ1n) is 16.7. The van der Waals surface area contributed by atoms with Gasteiger partial charge in [-0.15, -0.1) is 0 Å². The highest BCUT2D eigenvalue weighted by Gasteiger charge is 2.20. The molecule has 0 radical (unpaired) electrons. The Bertz CT molecular complexity index is 1590. The largest absolute Gasteiger partial charge is 0.454 e. The van der Waals surface area contributed by atoms with Gasteiger partial charge in [0.2, 0.25) is 13.6 Å². The van der Waals surface area contributed by atoms with E-state index in [2.05, 4.69) is 74.2 Å². The summed E-state index contributed by atoms with van der Waals surface area (Å²) in [6.45, 7) is 11.3. The van der Waals surface area contributed by atoms with Gasteiger partial charge in [-0.2, -0.15) is 0 Å². The number of hydrogen-bond acceptors (Lipinski definition) is 8. The maximum atomic E-state index is 13.0. The minimum atomic E-state index is -0.180. The molecule has 0 aromatic heterocycles. The summed E-state index contributed by atoms with van der Waals surface area (Å²) in [4.78, 5) is 9.81. The lowest BCUT2D eigenvalue weighted by Gasteiger charge is -2.36. The summed E-state index contributed by atoms with van der Waals surface area (Å²) >= 11 is 0. The van der Waals surface area contributed by atoms with E-state index in [1.54, 1.807) is 0 Å². The minimum Gasteiger partial charge on any atom is -0.454 e. The molecule has 0 spiro atoms. The molecule has 4 aromatic carbocycles. The topological polar surface area (TPSA) is 49.9 Å². The summed E-state index contributed by atoms with van der Waals surface area (Å²) in [6.07, 6.45) is 2.06. The maximum absolute atomic E-state index is 13.0. The lowest BCUT2D eigenvalue weighted by Crippen LogP contribution is -2.47. The number of benzene rings is 4. The molecule has 0 saturated carbocycles. The van der Waals surface area contributed by atoms with Gasteiger partial charge in [0.1, 0.15) is 5.82 Å². The van der Waals surface area contributed by atoms with Crippen LogP contribution in [0.4, 0.5) is 15.8 Å². The quantitative estimate of drug-likeness (QED) is 0.244. The second-order valence-corrected chi connectivity index (χ2v) is 12.3. The number of anilines is 2. The molecule has 2 fully saturated rings. The first-order valence-corrected chi connectivity index (χ1v) is 16.7. The zero-order valence-electron chi connectivity index (χ0n) is 26.9. The van der Waals surface area contributed by atoms with Crippen molar-refractivity contribution in [2.75, 3.05) is 88.8 Å². The Hall–Kier alpha value is -4.47. The van der Waals surface area contributed by atoms with Crippen LogP contribution in [0.15, 0.2) is 91.0 Å². The first kappa shape index (κ1) is 31.1. The molecular weight excluding hydrogens is 595 g/mol. The van der Waals surface area contributed by atoms with Crippen molar-refractivity contribution in [2.45, 2.75) is 12.8 Å². The summed E-state index contributed by atoms with van der Waals surface area (Å²) in [6, 6.07) is 29.9. The zero-order chi connectivity index (χ0) is 31.8. The van der Waals surface area contributed by atoms with Crippen molar-refractivity contribution in [2.24, 2.45) is 0 Å². The molecule has 4 aromatic rings. The normalized spacial score (nSPS) is 17.4. The van der Waals surface area contributed by atoms with Crippen LogP contribution in [0.1, 0.15) is 11.1 Å². The van der Waals surface area contributed by atoms with Crippen molar-refractivity contribution >= 4 is 11.4 Å². The molecule has 0 amide bonds. The summed E-state index contributed by atoms with van der Waals surface area (Å²) in [5.74, 6) is 3.27. The molecule has 8 rings (SSSR count). The number of para-hydroxylation sites is 1. The summed E-state index contributed by atoms with van der Waals surface area (Å²) in [7, 11) is 0. The standard InChI is InChI=1S/C19H21FN2O2.C19H22N2O2/c20-16-2-4-17(5-3-16)22-11-9-21(10-12-22)8-7-15-1-6-18-19(13-15)24-14-23-18;1-2-4-17(5-3-1)21-12-10-20(11-13-21)9-8-16-6-7-18-19(14-16)23-15-22-18/h1-6,13H,7-12,14H2;1-7,14H,8-13,15H2. The summed E-state index contributed by atoms with van der Waals surface area (Å²) in [5, 5.41) is 0. The van der Waals surface area contributed by atoms with Crippen molar-refractivity contribution < 1.29 is 23.3 Å². The molecule has 47 heavy (non-hydrogen) atoms. The molecule has 2 saturated heterocycles. The predicted octanol–water partition coefficient (Wildman–Crippen LogP) is 5.70. The van der Waals surface area contributed by atoms with E-state index in [0.717, 1.165) is 107 Å². The third kappa shape index (κ3) is 8.10. The Balaban J connectivity index is 0.000000150. The lowest BCUT2D eigenvalue weighted by molar-refractivity contribution is 0.173. The highest BCUT2D eigenvalue weighted by molar-refractivity contribution is 5.48. The fourth-order valence-corrected chi connectivity index (χ4v) is 6.52. The van der Waals surface area contributed by atoms with Crippen molar-refractivity contribution in [3.63, 3.8) is 0 Å². The maximum Gasteiger partial charge on any atom is 0.231 e. The first-order chi connectivity index (χ1) is 23.2. The van der Waals surface area contributed by atoms with Crippen LogP contribution < -0.4 is 28.7 Å². The highest BCUT2D eigenvalue weighted by atomic mass is 19.1. The van der Waals surface area contributed by atoms with Crippen molar-refractivity contribution in [1.29, 1.82) is 0 Å². The third-order valence-electron chi connectivity index (χ3n) is 9.37. The van der Waals surface area contributed by atoms with Gasteiger partial charge in [0, 0.05) is 76.8 Å². The molecule has 9 heteroatoms. The average molecular weight is 639 g/mol. The number of fused-ring (bicyclic) bond motifs is 2. The second-order valence-electron chi connectivity index (χ2n) is 12.3. The van der Waals surface area contributed by atoms with Gasteiger partial charge >= 0.3 is 0 Å². The van der Waals surface area contributed by atoms with Gasteiger partial charge in [0.05, 0.1) is 0 Å². The molecule has 0 aliphatic carbocycles. The summed E-state index contributed by atoms with van der Waals surface area (Å²) < 4.78 is 34.6. The van der Waals surface area contributed by atoms with Gasteiger partial charge in [-0.3, -0.25) is 9.80 Å². The van der Waals surface area contributed by atoms with Crippen LogP contribution in [0.2, 0.25) is 0 Å².